The number of aromatic nitrogens is 6. The number of pyridine rings is 1. The lowest BCUT2D eigenvalue weighted by Crippen LogP contribution is -2.28. The van der Waals surface area contributed by atoms with Gasteiger partial charge in [0.25, 0.3) is 5.91 Å². The predicted octanol–water partition coefficient (Wildman–Crippen LogP) is 3.59. The lowest BCUT2D eigenvalue weighted by Gasteiger charge is -2.09. The van der Waals surface area contributed by atoms with E-state index in [2.05, 4.69) is 30.8 Å². The summed E-state index contributed by atoms with van der Waals surface area (Å²) in [4.78, 5) is 21.8. The molecule has 0 aliphatic heterocycles. The van der Waals surface area contributed by atoms with Crippen LogP contribution in [0.3, 0.4) is 0 Å². The first kappa shape index (κ1) is 20.5. The highest BCUT2D eigenvalue weighted by Gasteiger charge is 2.22. The highest BCUT2D eigenvalue weighted by Crippen LogP contribution is 2.21. The minimum Gasteiger partial charge on any atom is -0.341 e. The van der Waals surface area contributed by atoms with E-state index in [1.165, 1.54) is 0 Å². The summed E-state index contributed by atoms with van der Waals surface area (Å²) in [6.07, 6.45) is 2.26. The van der Waals surface area contributed by atoms with E-state index in [0.717, 1.165) is 22.2 Å². The van der Waals surface area contributed by atoms with Crippen molar-refractivity contribution in [3.05, 3.63) is 95.5 Å². The normalized spacial score (nSPS) is 12.1. The van der Waals surface area contributed by atoms with Gasteiger partial charge in [0.2, 0.25) is 5.89 Å². The summed E-state index contributed by atoms with van der Waals surface area (Å²) in [6, 6.07) is 19.0. The van der Waals surface area contributed by atoms with Gasteiger partial charge in [-0.3, -0.25) is 9.78 Å². The first-order valence-corrected chi connectivity index (χ1v) is 10.5. The van der Waals surface area contributed by atoms with Crippen molar-refractivity contribution in [1.29, 1.82) is 0 Å². The maximum absolute atomic E-state index is 12.9. The van der Waals surface area contributed by atoms with Crippen LogP contribution in [-0.4, -0.2) is 36.0 Å². The first-order chi connectivity index (χ1) is 16.1. The molecule has 5 rings (SSSR count). The smallest absolute Gasteiger partial charge is 0.274 e. The first-order valence-electron chi connectivity index (χ1n) is 10.5. The van der Waals surface area contributed by atoms with Crippen LogP contribution in [0.15, 0.2) is 71.4 Å². The molecule has 0 spiro atoms. The fourth-order valence-electron chi connectivity index (χ4n) is 3.64. The fourth-order valence-corrected chi connectivity index (χ4v) is 3.64. The SMILES string of the molecule is Cc1c(C(=O)N[C@@H](C)c2noc(Cc3ccccc3)n2)nnn1-c1cccc2cccnc12. The molecule has 3 heterocycles. The van der Waals surface area contributed by atoms with E-state index in [-0.39, 0.29) is 11.6 Å². The minimum atomic E-state index is -0.463. The van der Waals surface area contributed by atoms with E-state index >= 15 is 0 Å². The molecule has 33 heavy (non-hydrogen) atoms. The van der Waals surface area contributed by atoms with Crippen molar-refractivity contribution in [3.63, 3.8) is 0 Å². The molecule has 0 aliphatic rings. The van der Waals surface area contributed by atoms with E-state index in [1.54, 1.807) is 24.7 Å². The third-order valence-electron chi connectivity index (χ3n) is 5.37. The monoisotopic (exact) mass is 439 g/mol. The van der Waals surface area contributed by atoms with Crippen LogP contribution in [0, 0.1) is 6.92 Å². The Hall–Kier alpha value is -4.40. The molecule has 2 aromatic carbocycles. The number of hydrogen-bond donors (Lipinski definition) is 1. The van der Waals surface area contributed by atoms with Crippen molar-refractivity contribution in [2.24, 2.45) is 0 Å². The summed E-state index contributed by atoms with van der Waals surface area (Å²) >= 11 is 0. The topological polar surface area (TPSA) is 112 Å². The molecule has 164 valence electrons. The van der Waals surface area contributed by atoms with Gasteiger partial charge in [-0.05, 0) is 31.5 Å². The third-order valence-corrected chi connectivity index (χ3v) is 5.37. The van der Waals surface area contributed by atoms with Crippen molar-refractivity contribution in [3.8, 4) is 5.69 Å². The van der Waals surface area contributed by atoms with Crippen LogP contribution in [-0.2, 0) is 6.42 Å². The van der Waals surface area contributed by atoms with Gasteiger partial charge in [0.05, 0.1) is 29.4 Å². The molecule has 5 aromatic rings. The Bertz CT molecular complexity index is 1420. The van der Waals surface area contributed by atoms with Crippen LogP contribution >= 0.6 is 0 Å². The van der Waals surface area contributed by atoms with Crippen LogP contribution in [0.25, 0.3) is 16.6 Å². The number of nitrogens with zero attached hydrogens (tertiary/aromatic N) is 6. The van der Waals surface area contributed by atoms with Crippen molar-refractivity contribution in [2.45, 2.75) is 26.3 Å². The Morgan fingerprint density at radius 1 is 1.09 bits per heavy atom. The van der Waals surface area contributed by atoms with Crippen molar-refractivity contribution in [1.82, 2.24) is 35.4 Å². The predicted molar refractivity (Wildman–Crippen MR) is 121 cm³/mol. The molecule has 3 aromatic heterocycles. The minimum absolute atomic E-state index is 0.225. The summed E-state index contributed by atoms with van der Waals surface area (Å²) in [5, 5.41) is 16.2. The zero-order valence-corrected chi connectivity index (χ0v) is 18.1. The van der Waals surface area contributed by atoms with E-state index in [9.17, 15) is 4.79 Å². The summed E-state index contributed by atoms with van der Waals surface area (Å²) in [7, 11) is 0. The number of carbonyl (C=O) groups excluding carboxylic acids is 1. The second-order valence-electron chi connectivity index (χ2n) is 7.69. The molecule has 0 unspecified atom stereocenters. The Labute approximate surface area is 189 Å². The van der Waals surface area contributed by atoms with Gasteiger partial charge in [0.1, 0.15) is 0 Å². The van der Waals surface area contributed by atoms with Crippen molar-refractivity contribution >= 4 is 16.8 Å². The molecular formula is C24H21N7O2. The highest BCUT2D eigenvalue weighted by atomic mass is 16.5. The number of rotatable bonds is 6. The molecule has 9 heteroatoms. The maximum Gasteiger partial charge on any atom is 0.274 e. The van der Waals surface area contributed by atoms with E-state index < -0.39 is 6.04 Å². The van der Waals surface area contributed by atoms with E-state index in [1.807, 2.05) is 60.7 Å². The average Bonchev–Trinajstić information content (AvgIpc) is 3.46. The number of para-hydroxylation sites is 1. The molecule has 1 N–H and O–H groups in total. The summed E-state index contributed by atoms with van der Waals surface area (Å²) in [5.41, 5.74) is 3.44. The summed E-state index contributed by atoms with van der Waals surface area (Å²) in [6.45, 7) is 3.59. The van der Waals surface area contributed by atoms with Crippen molar-refractivity contribution < 1.29 is 9.32 Å². The van der Waals surface area contributed by atoms with Crippen LogP contribution in [0.1, 0.15) is 46.4 Å². The standard InChI is InChI=1S/C24H21N7O2/c1-15(23-27-20(33-29-23)14-17-8-4-3-5-9-17)26-24(32)21-16(2)31(30-28-21)19-12-6-10-18-11-7-13-25-22(18)19/h3-13,15H,14H2,1-2H3,(H,26,32)/t15-/m0/s1. The Morgan fingerprint density at radius 3 is 2.76 bits per heavy atom. The van der Waals surface area contributed by atoms with Gasteiger partial charge >= 0.3 is 0 Å². The number of fused-ring (bicyclic) bond motifs is 1. The van der Waals surface area contributed by atoms with Gasteiger partial charge < -0.3 is 9.84 Å². The van der Waals surface area contributed by atoms with Gasteiger partial charge in [-0.15, -0.1) is 5.10 Å². The Morgan fingerprint density at radius 2 is 1.91 bits per heavy atom. The Balaban J connectivity index is 1.33. The summed E-state index contributed by atoms with van der Waals surface area (Å²) in [5.74, 6) is 0.523. The van der Waals surface area contributed by atoms with Gasteiger partial charge in [-0.25, -0.2) is 4.68 Å². The molecule has 0 saturated carbocycles. The summed E-state index contributed by atoms with van der Waals surface area (Å²) < 4.78 is 6.98. The molecule has 0 fully saturated rings. The van der Waals surface area contributed by atoms with E-state index in [0.29, 0.717) is 23.8 Å². The van der Waals surface area contributed by atoms with Gasteiger partial charge in [0.15, 0.2) is 11.5 Å². The van der Waals surface area contributed by atoms with Gasteiger partial charge in [0, 0.05) is 11.6 Å². The molecule has 1 amide bonds. The maximum atomic E-state index is 12.9. The van der Waals surface area contributed by atoms with Gasteiger partial charge in [-0.2, -0.15) is 4.98 Å². The largest absolute Gasteiger partial charge is 0.341 e. The molecule has 0 saturated heterocycles. The van der Waals surface area contributed by atoms with Gasteiger partial charge in [-0.1, -0.05) is 58.9 Å². The lowest BCUT2D eigenvalue weighted by atomic mass is 10.1. The molecule has 0 radical (unpaired) electrons. The molecule has 1 atom stereocenters. The number of hydrogen-bond acceptors (Lipinski definition) is 7. The number of carbonyl (C=O) groups is 1. The zero-order chi connectivity index (χ0) is 22.8. The van der Waals surface area contributed by atoms with E-state index in [4.69, 9.17) is 4.52 Å². The number of benzene rings is 2. The lowest BCUT2D eigenvalue weighted by molar-refractivity contribution is 0.0932. The quantitative estimate of drug-likeness (QED) is 0.430. The van der Waals surface area contributed by atoms with Crippen LogP contribution < -0.4 is 5.32 Å². The third kappa shape index (κ3) is 4.08. The fraction of sp³-hybridized carbons (Fsp3) is 0.167. The number of amides is 1. The second-order valence-corrected chi connectivity index (χ2v) is 7.69. The van der Waals surface area contributed by atoms with Crippen LogP contribution in [0.2, 0.25) is 0 Å². The van der Waals surface area contributed by atoms with Crippen LogP contribution in [0.4, 0.5) is 0 Å². The highest BCUT2D eigenvalue weighted by molar-refractivity contribution is 5.94. The number of nitrogens with one attached hydrogen (secondary N) is 1. The molecule has 9 nitrogen and oxygen atoms in total. The van der Waals surface area contributed by atoms with Crippen LogP contribution in [0.5, 0.6) is 0 Å². The molecular weight excluding hydrogens is 418 g/mol. The molecule has 0 bridgehead atoms. The second kappa shape index (κ2) is 8.62. The Kier molecular flexibility index (Phi) is 5.35. The average molecular weight is 439 g/mol. The zero-order valence-electron chi connectivity index (χ0n) is 18.1. The van der Waals surface area contributed by atoms with Crippen molar-refractivity contribution in [2.75, 3.05) is 0 Å². The molecule has 0 aliphatic carbocycles.